The van der Waals surface area contributed by atoms with Gasteiger partial charge in [0, 0.05) is 6.04 Å². The van der Waals surface area contributed by atoms with Gasteiger partial charge in [-0.3, -0.25) is 0 Å². The molecule has 1 aromatic rings. The van der Waals surface area contributed by atoms with Gasteiger partial charge in [-0.25, -0.2) is 0 Å². The van der Waals surface area contributed by atoms with E-state index in [9.17, 15) is 0 Å². The number of hydrogen-bond donors (Lipinski definition) is 1. The number of unbranched alkanes of at least 4 members (excludes halogenated alkanes) is 1. The molecule has 0 aliphatic carbocycles. The van der Waals surface area contributed by atoms with Crippen molar-refractivity contribution in [1.82, 2.24) is 5.32 Å². The summed E-state index contributed by atoms with van der Waals surface area (Å²) in [6, 6.07) is 6.59. The first-order valence-electron chi connectivity index (χ1n) is 6.19. The Bertz CT molecular complexity index is 339. The van der Waals surface area contributed by atoms with Crippen molar-refractivity contribution in [3.8, 4) is 5.75 Å². The van der Waals surface area contributed by atoms with Crippen LogP contribution < -0.4 is 10.1 Å². The third kappa shape index (κ3) is 5.42. The first kappa shape index (κ1) is 14.3. The minimum atomic E-state index is 0.574. The maximum absolute atomic E-state index is 6.07. The molecule has 0 unspecified atom stereocenters. The fourth-order valence-electron chi connectivity index (χ4n) is 1.71. The lowest BCUT2D eigenvalue weighted by atomic mass is 10.1. The largest absolute Gasteiger partial charge is 0.495 e. The molecule has 1 rings (SSSR count). The Balaban J connectivity index is 2.30. The lowest BCUT2D eigenvalue weighted by Crippen LogP contribution is -2.23. The van der Waals surface area contributed by atoms with Crippen molar-refractivity contribution in [2.75, 3.05) is 13.7 Å². The highest BCUT2D eigenvalue weighted by Gasteiger charge is 2.01. The van der Waals surface area contributed by atoms with Gasteiger partial charge in [0.15, 0.2) is 0 Å². The second kappa shape index (κ2) is 7.57. The number of halogens is 1. The highest BCUT2D eigenvalue weighted by molar-refractivity contribution is 6.32. The third-order valence-corrected chi connectivity index (χ3v) is 2.96. The topological polar surface area (TPSA) is 21.3 Å². The van der Waals surface area contributed by atoms with Crippen LogP contribution in [0.25, 0.3) is 0 Å². The Kier molecular flexibility index (Phi) is 6.38. The van der Waals surface area contributed by atoms with E-state index in [4.69, 9.17) is 16.3 Å². The molecule has 0 radical (unpaired) electrons. The Morgan fingerprint density at radius 2 is 2.06 bits per heavy atom. The lowest BCUT2D eigenvalue weighted by Gasteiger charge is -2.08. The molecule has 1 aromatic carbocycles. The van der Waals surface area contributed by atoms with Crippen LogP contribution in [0.4, 0.5) is 0 Å². The summed E-state index contributed by atoms with van der Waals surface area (Å²) in [7, 11) is 1.64. The van der Waals surface area contributed by atoms with E-state index >= 15 is 0 Å². The highest BCUT2D eigenvalue weighted by Crippen LogP contribution is 2.25. The average molecular weight is 256 g/mol. The van der Waals surface area contributed by atoms with Gasteiger partial charge in [-0.05, 0) is 43.5 Å². The molecule has 17 heavy (non-hydrogen) atoms. The molecule has 1 N–H and O–H groups in total. The minimum Gasteiger partial charge on any atom is -0.495 e. The van der Waals surface area contributed by atoms with E-state index in [-0.39, 0.29) is 0 Å². The van der Waals surface area contributed by atoms with Gasteiger partial charge in [-0.15, -0.1) is 0 Å². The van der Waals surface area contributed by atoms with Gasteiger partial charge in [0.25, 0.3) is 0 Å². The zero-order chi connectivity index (χ0) is 12.7. The Labute approximate surface area is 109 Å². The molecule has 2 nitrogen and oxygen atoms in total. The molecule has 0 aliphatic heterocycles. The number of hydrogen-bond acceptors (Lipinski definition) is 2. The van der Waals surface area contributed by atoms with Crippen molar-refractivity contribution >= 4 is 11.6 Å². The number of benzene rings is 1. The van der Waals surface area contributed by atoms with Crippen molar-refractivity contribution < 1.29 is 4.74 Å². The zero-order valence-corrected chi connectivity index (χ0v) is 11.7. The van der Waals surface area contributed by atoms with Crippen LogP contribution in [0.3, 0.4) is 0 Å². The number of aryl methyl sites for hydroxylation is 1. The third-order valence-electron chi connectivity index (χ3n) is 2.66. The second-order valence-electron chi connectivity index (χ2n) is 4.53. The van der Waals surface area contributed by atoms with E-state index in [1.54, 1.807) is 7.11 Å². The summed E-state index contributed by atoms with van der Waals surface area (Å²) in [4.78, 5) is 0. The van der Waals surface area contributed by atoms with Crippen LogP contribution in [-0.4, -0.2) is 19.7 Å². The predicted molar refractivity (Wildman–Crippen MR) is 74.1 cm³/mol. The van der Waals surface area contributed by atoms with Gasteiger partial charge in [-0.1, -0.05) is 31.5 Å². The quantitative estimate of drug-likeness (QED) is 0.751. The van der Waals surface area contributed by atoms with Gasteiger partial charge in [0.05, 0.1) is 12.1 Å². The SMILES string of the molecule is COc1ccc(CCCCNC(C)C)cc1Cl. The first-order valence-corrected chi connectivity index (χ1v) is 6.57. The van der Waals surface area contributed by atoms with E-state index in [1.165, 1.54) is 18.4 Å². The highest BCUT2D eigenvalue weighted by atomic mass is 35.5. The molecule has 0 saturated carbocycles. The number of ether oxygens (including phenoxy) is 1. The smallest absolute Gasteiger partial charge is 0.137 e. The molecular formula is C14H22ClNO. The van der Waals surface area contributed by atoms with Crippen LogP contribution in [0, 0.1) is 0 Å². The molecule has 0 saturated heterocycles. The molecule has 0 fully saturated rings. The van der Waals surface area contributed by atoms with E-state index in [0.717, 1.165) is 18.7 Å². The molecule has 0 atom stereocenters. The van der Waals surface area contributed by atoms with Crippen LogP contribution in [0.1, 0.15) is 32.3 Å². The van der Waals surface area contributed by atoms with Crippen LogP contribution in [-0.2, 0) is 6.42 Å². The molecule has 0 aliphatic rings. The van der Waals surface area contributed by atoms with Crippen molar-refractivity contribution in [2.45, 2.75) is 39.2 Å². The molecule has 0 amide bonds. The van der Waals surface area contributed by atoms with E-state index < -0.39 is 0 Å². The number of nitrogens with one attached hydrogen (secondary N) is 1. The summed E-state index contributed by atoms with van der Waals surface area (Å²) >= 11 is 6.07. The fraction of sp³-hybridized carbons (Fsp3) is 0.571. The minimum absolute atomic E-state index is 0.574. The molecule has 0 spiro atoms. The van der Waals surface area contributed by atoms with Crippen LogP contribution >= 0.6 is 11.6 Å². The normalized spacial score (nSPS) is 10.9. The van der Waals surface area contributed by atoms with Gasteiger partial charge < -0.3 is 10.1 Å². The number of rotatable bonds is 7. The Hall–Kier alpha value is -0.730. The van der Waals surface area contributed by atoms with E-state index in [2.05, 4.69) is 25.2 Å². The second-order valence-corrected chi connectivity index (χ2v) is 4.94. The summed E-state index contributed by atoms with van der Waals surface area (Å²) in [5.41, 5.74) is 1.28. The summed E-state index contributed by atoms with van der Waals surface area (Å²) in [5.74, 6) is 0.747. The fourth-order valence-corrected chi connectivity index (χ4v) is 1.99. The maximum atomic E-state index is 6.07. The summed E-state index contributed by atoms with van der Waals surface area (Å²) < 4.78 is 5.13. The summed E-state index contributed by atoms with van der Waals surface area (Å²) in [5, 5.41) is 4.11. The van der Waals surface area contributed by atoms with Crippen molar-refractivity contribution in [2.24, 2.45) is 0 Å². The van der Waals surface area contributed by atoms with Crippen LogP contribution in [0.2, 0.25) is 5.02 Å². The van der Waals surface area contributed by atoms with Crippen LogP contribution in [0.5, 0.6) is 5.75 Å². The van der Waals surface area contributed by atoms with Crippen molar-refractivity contribution in [1.29, 1.82) is 0 Å². The van der Waals surface area contributed by atoms with Crippen molar-refractivity contribution in [3.63, 3.8) is 0 Å². The van der Waals surface area contributed by atoms with E-state index in [1.807, 2.05) is 12.1 Å². The zero-order valence-electron chi connectivity index (χ0n) is 10.9. The molecule has 0 bridgehead atoms. The first-order chi connectivity index (χ1) is 8.13. The standard InChI is InChI=1S/C14H22ClNO/c1-11(2)16-9-5-4-6-12-7-8-14(17-3)13(15)10-12/h7-8,10-11,16H,4-6,9H2,1-3H3. The molecule has 96 valence electrons. The average Bonchev–Trinajstić information content (AvgIpc) is 2.28. The van der Waals surface area contributed by atoms with Crippen LogP contribution in [0.15, 0.2) is 18.2 Å². The monoisotopic (exact) mass is 255 g/mol. The Morgan fingerprint density at radius 1 is 1.29 bits per heavy atom. The van der Waals surface area contributed by atoms with E-state index in [0.29, 0.717) is 11.1 Å². The predicted octanol–water partition coefficient (Wildman–Crippen LogP) is 3.67. The van der Waals surface area contributed by atoms with Crippen molar-refractivity contribution in [3.05, 3.63) is 28.8 Å². The maximum Gasteiger partial charge on any atom is 0.137 e. The molecule has 0 aromatic heterocycles. The number of methoxy groups -OCH3 is 1. The molecule has 3 heteroatoms. The summed E-state index contributed by atoms with van der Waals surface area (Å²) in [6.45, 7) is 5.42. The molecule has 0 heterocycles. The van der Waals surface area contributed by atoms with Gasteiger partial charge >= 0.3 is 0 Å². The lowest BCUT2D eigenvalue weighted by molar-refractivity contribution is 0.415. The van der Waals surface area contributed by atoms with Gasteiger partial charge in [-0.2, -0.15) is 0 Å². The van der Waals surface area contributed by atoms with Gasteiger partial charge in [0.1, 0.15) is 5.75 Å². The van der Waals surface area contributed by atoms with Gasteiger partial charge in [0.2, 0.25) is 0 Å². The molecular weight excluding hydrogens is 234 g/mol. The Morgan fingerprint density at radius 3 is 2.65 bits per heavy atom. The summed E-state index contributed by atoms with van der Waals surface area (Å²) in [6.07, 6.45) is 3.45.